The van der Waals surface area contributed by atoms with Crippen molar-refractivity contribution in [3.8, 4) is 5.75 Å². The molecule has 0 radical (unpaired) electrons. The van der Waals surface area contributed by atoms with Crippen LogP contribution in [0.25, 0.3) is 5.57 Å². The van der Waals surface area contributed by atoms with E-state index >= 15 is 0 Å². The highest BCUT2D eigenvalue weighted by molar-refractivity contribution is 6.22. The fourth-order valence-corrected chi connectivity index (χ4v) is 3.32. The minimum Gasteiger partial charge on any atom is -0.497 e. The van der Waals surface area contributed by atoms with Gasteiger partial charge in [0.05, 0.1) is 24.5 Å². The average molecular weight is 395 g/mol. The molecule has 1 aromatic carbocycles. The molecule has 2 aliphatic heterocycles. The molecular formula is C18H19ClF2N5O+. The van der Waals surface area contributed by atoms with Gasteiger partial charge in [0.25, 0.3) is 5.82 Å². The normalized spacial score (nSPS) is 20.6. The van der Waals surface area contributed by atoms with Crippen molar-refractivity contribution < 1.29 is 17.6 Å². The van der Waals surface area contributed by atoms with Gasteiger partial charge in [0.2, 0.25) is 11.8 Å². The Bertz CT molecular complexity index is 901. The number of benzene rings is 1. The zero-order valence-corrected chi connectivity index (χ0v) is 16.0. The Hall–Kier alpha value is -2.58. The maximum absolute atomic E-state index is 14.8. The van der Waals surface area contributed by atoms with Gasteiger partial charge in [-0.3, -0.25) is 0 Å². The Morgan fingerprint density at radius 1 is 1.33 bits per heavy atom. The van der Waals surface area contributed by atoms with Crippen molar-refractivity contribution in [2.75, 3.05) is 20.2 Å². The second-order valence-electron chi connectivity index (χ2n) is 6.15. The quantitative estimate of drug-likeness (QED) is 0.542. The molecule has 0 spiro atoms. The maximum atomic E-state index is 14.8. The van der Waals surface area contributed by atoms with E-state index in [1.165, 1.54) is 19.7 Å². The number of nitrogens with zero attached hydrogens (tertiary/aromatic N) is 5. The summed E-state index contributed by atoms with van der Waals surface area (Å²) in [6.07, 6.45) is 2.63. The van der Waals surface area contributed by atoms with Crippen molar-refractivity contribution in [3.05, 3.63) is 47.3 Å². The van der Waals surface area contributed by atoms with Crippen LogP contribution in [0.2, 0.25) is 0 Å². The molecule has 142 valence electrons. The highest BCUT2D eigenvalue weighted by Gasteiger charge is 2.50. The number of quaternary nitrogens is 1. The van der Waals surface area contributed by atoms with Crippen molar-refractivity contribution in [1.82, 2.24) is 4.90 Å². The number of aliphatic imine (C=N–C) groups is 2. The fourth-order valence-electron chi connectivity index (χ4n) is 3.00. The van der Waals surface area contributed by atoms with Gasteiger partial charge >= 0.3 is 5.96 Å². The largest absolute Gasteiger partial charge is 0.497 e. The molecule has 0 saturated heterocycles. The number of fused-ring (bicyclic) bond motifs is 1. The molecule has 6 nitrogen and oxygen atoms in total. The predicted molar refractivity (Wildman–Crippen MR) is 102 cm³/mol. The Kier molecular flexibility index (Phi) is 5.12. The summed E-state index contributed by atoms with van der Waals surface area (Å²) in [4.78, 5) is 10.1. The number of allylic oxidation sites excluding steroid dienone is 1. The van der Waals surface area contributed by atoms with Crippen LogP contribution in [0.4, 0.5) is 8.78 Å². The molecule has 9 heteroatoms. The molecule has 0 bridgehead atoms. The molecule has 0 N–H and O–H groups in total. The number of methoxy groups -OCH3 is 1. The molecule has 27 heavy (non-hydrogen) atoms. The van der Waals surface area contributed by atoms with Gasteiger partial charge < -0.3 is 9.64 Å². The summed E-state index contributed by atoms with van der Waals surface area (Å²) in [6, 6.07) is 2.22. The van der Waals surface area contributed by atoms with Crippen molar-refractivity contribution >= 4 is 35.9 Å². The lowest BCUT2D eigenvalue weighted by atomic mass is 10.0. The lowest BCUT2D eigenvalue weighted by molar-refractivity contribution is -0.692. The minimum absolute atomic E-state index is 0.0779. The summed E-state index contributed by atoms with van der Waals surface area (Å²) in [5.41, 5.74) is 0.782. The summed E-state index contributed by atoms with van der Waals surface area (Å²) in [7, 11) is 1.34. The minimum atomic E-state index is -0.788. The smallest absolute Gasteiger partial charge is 0.383 e. The van der Waals surface area contributed by atoms with Crippen LogP contribution in [-0.4, -0.2) is 47.7 Å². The molecule has 0 aromatic heterocycles. The lowest BCUT2D eigenvalue weighted by Crippen LogP contribution is -2.46. The zero-order valence-electron chi connectivity index (χ0n) is 15.2. The van der Waals surface area contributed by atoms with Crippen LogP contribution in [0.3, 0.4) is 0 Å². The SMILES string of the molecule is C=C(C)CN(CC)C1=C(c2c(F)cc(OC)cc2F)C=NC2=NC=N[N+]21Cl. The van der Waals surface area contributed by atoms with E-state index in [4.69, 9.17) is 16.5 Å². The second kappa shape index (κ2) is 7.21. The molecule has 3 rings (SSSR count). The monoisotopic (exact) mass is 394 g/mol. The number of hydrogen-bond acceptors (Lipinski definition) is 5. The fraction of sp³-hybridized carbons (Fsp3) is 0.278. The van der Waals surface area contributed by atoms with Gasteiger partial charge in [0.15, 0.2) is 6.34 Å². The first-order valence-electron chi connectivity index (χ1n) is 8.24. The van der Waals surface area contributed by atoms with Crippen LogP contribution in [-0.2, 0) is 0 Å². The topological polar surface area (TPSA) is 49.5 Å². The maximum Gasteiger partial charge on any atom is 0.383 e. The van der Waals surface area contributed by atoms with Gasteiger partial charge in [-0.2, -0.15) is 9.98 Å². The van der Waals surface area contributed by atoms with E-state index in [-0.39, 0.29) is 22.8 Å². The third-order valence-corrected chi connectivity index (χ3v) is 4.54. The van der Waals surface area contributed by atoms with Crippen LogP contribution in [0.15, 0.2) is 45.2 Å². The van der Waals surface area contributed by atoms with Gasteiger partial charge in [-0.25, -0.2) is 8.78 Å². The van der Waals surface area contributed by atoms with Crippen LogP contribution in [0.1, 0.15) is 19.4 Å². The second-order valence-corrected chi connectivity index (χ2v) is 6.64. The molecule has 0 amide bonds. The third-order valence-electron chi connectivity index (χ3n) is 4.14. The van der Waals surface area contributed by atoms with Gasteiger partial charge in [0.1, 0.15) is 17.4 Å². The van der Waals surface area contributed by atoms with Crippen molar-refractivity contribution in [2.45, 2.75) is 13.8 Å². The first-order chi connectivity index (χ1) is 12.8. The van der Waals surface area contributed by atoms with E-state index < -0.39 is 15.7 Å². The van der Waals surface area contributed by atoms with Crippen molar-refractivity contribution in [1.29, 1.82) is 0 Å². The molecular weight excluding hydrogens is 376 g/mol. The number of likely N-dealkylation sites (N-methyl/N-ethyl adjacent to an activating group) is 1. The van der Waals surface area contributed by atoms with E-state index in [1.54, 1.807) is 0 Å². The number of hydrogen-bond donors (Lipinski definition) is 0. The molecule has 1 atom stereocenters. The molecule has 1 unspecified atom stereocenters. The van der Waals surface area contributed by atoms with Crippen LogP contribution in [0.5, 0.6) is 5.75 Å². The number of ether oxygens (including phenoxy) is 1. The van der Waals surface area contributed by atoms with Gasteiger partial charge in [-0.05, 0) is 18.9 Å². The lowest BCUT2D eigenvalue weighted by Gasteiger charge is -2.32. The summed E-state index contributed by atoms with van der Waals surface area (Å²) in [5, 5.41) is 4.18. The molecule has 2 heterocycles. The van der Waals surface area contributed by atoms with Gasteiger partial charge in [-0.15, -0.1) is 0 Å². The summed E-state index contributed by atoms with van der Waals surface area (Å²) in [6.45, 7) is 8.62. The Balaban J connectivity index is 2.29. The van der Waals surface area contributed by atoms with Crippen LogP contribution >= 0.6 is 11.8 Å². The summed E-state index contributed by atoms with van der Waals surface area (Å²) in [5.74, 6) is -0.945. The third kappa shape index (κ3) is 3.26. The zero-order chi connectivity index (χ0) is 19.8. The van der Waals surface area contributed by atoms with Crippen LogP contribution < -0.4 is 4.74 Å². The highest BCUT2D eigenvalue weighted by Crippen LogP contribution is 2.40. The van der Waals surface area contributed by atoms with Crippen molar-refractivity contribution in [3.63, 3.8) is 0 Å². The van der Waals surface area contributed by atoms with Crippen molar-refractivity contribution in [2.24, 2.45) is 15.1 Å². The Labute approximate surface area is 161 Å². The van der Waals surface area contributed by atoms with Gasteiger partial charge in [-0.1, -0.05) is 12.2 Å². The molecule has 2 aliphatic rings. The first kappa shape index (κ1) is 19.2. The number of rotatable bonds is 6. The van der Waals surface area contributed by atoms with Crippen LogP contribution in [0, 0.1) is 11.6 Å². The summed E-state index contributed by atoms with van der Waals surface area (Å²) >= 11 is 6.70. The Morgan fingerprint density at radius 2 is 2.00 bits per heavy atom. The highest BCUT2D eigenvalue weighted by atomic mass is 35.5. The van der Waals surface area contributed by atoms with E-state index in [9.17, 15) is 8.78 Å². The molecule has 0 fully saturated rings. The standard InChI is InChI=1S/C18H19ClF2N5O/c1-5-25(9-11(2)3)17-13(8-22-18-23-10-24-26(17,18)19)16-14(20)6-12(27-4)7-15(16)21/h6-8,10H,2,5,9H2,1,3-4H3/q+1. The van der Waals surface area contributed by atoms with E-state index in [0.717, 1.165) is 17.7 Å². The Morgan fingerprint density at radius 3 is 2.56 bits per heavy atom. The first-order valence-corrected chi connectivity index (χ1v) is 8.58. The predicted octanol–water partition coefficient (Wildman–Crippen LogP) is 3.91. The molecule has 1 aromatic rings. The summed E-state index contributed by atoms with van der Waals surface area (Å²) < 4.78 is 33.9. The number of halogens is 3. The van der Waals surface area contributed by atoms with E-state index in [1.807, 2.05) is 18.7 Å². The van der Waals surface area contributed by atoms with E-state index in [2.05, 4.69) is 21.7 Å². The molecule has 0 aliphatic carbocycles. The van der Waals surface area contributed by atoms with E-state index in [0.29, 0.717) is 18.9 Å². The number of guanidine groups is 1. The molecule has 0 saturated carbocycles. The van der Waals surface area contributed by atoms with Gasteiger partial charge in [0, 0.05) is 29.3 Å². The average Bonchev–Trinajstić information content (AvgIpc) is 3.00.